The van der Waals surface area contributed by atoms with Crippen molar-refractivity contribution in [2.75, 3.05) is 7.05 Å². The Labute approximate surface area is 97.8 Å². The van der Waals surface area contributed by atoms with E-state index in [-0.39, 0.29) is 17.9 Å². The van der Waals surface area contributed by atoms with Crippen molar-refractivity contribution in [2.45, 2.75) is 40.3 Å². The van der Waals surface area contributed by atoms with Gasteiger partial charge in [-0.2, -0.15) is 0 Å². The lowest BCUT2D eigenvalue weighted by Gasteiger charge is -2.17. The van der Waals surface area contributed by atoms with Gasteiger partial charge in [-0.15, -0.1) is 0 Å². The van der Waals surface area contributed by atoms with Crippen LogP contribution in [-0.2, 0) is 0 Å². The highest BCUT2D eigenvalue weighted by Crippen LogP contribution is 2.18. The summed E-state index contributed by atoms with van der Waals surface area (Å²) in [5, 5.41) is 3.16. The zero-order chi connectivity index (χ0) is 12.3. The van der Waals surface area contributed by atoms with E-state index in [1.807, 2.05) is 51.6 Å². The second kappa shape index (κ2) is 5.30. The van der Waals surface area contributed by atoms with Crippen molar-refractivity contribution in [1.29, 1.82) is 0 Å². The summed E-state index contributed by atoms with van der Waals surface area (Å²) >= 11 is 0. The first kappa shape index (κ1) is 13.0. The molecule has 2 atom stereocenters. The first-order valence-corrected chi connectivity index (χ1v) is 5.91. The smallest absolute Gasteiger partial charge is 0.182 e. The fourth-order valence-corrected chi connectivity index (χ4v) is 1.71. The van der Waals surface area contributed by atoms with Crippen LogP contribution in [0, 0.1) is 12.8 Å². The molecule has 1 aromatic rings. The average Bonchev–Trinajstić information content (AvgIpc) is 2.68. The van der Waals surface area contributed by atoms with Crippen molar-refractivity contribution in [1.82, 2.24) is 9.88 Å². The Morgan fingerprint density at radius 3 is 2.62 bits per heavy atom. The molecule has 0 spiro atoms. The molecule has 90 valence electrons. The van der Waals surface area contributed by atoms with E-state index in [4.69, 9.17) is 0 Å². The van der Waals surface area contributed by atoms with Gasteiger partial charge in [0, 0.05) is 12.1 Å². The fraction of sp³-hybridized carbons (Fsp3) is 0.615. The first-order valence-electron chi connectivity index (χ1n) is 5.91. The molecule has 0 amide bonds. The maximum atomic E-state index is 12.2. The summed E-state index contributed by atoms with van der Waals surface area (Å²) in [5.41, 5.74) is 1.95. The maximum Gasteiger partial charge on any atom is 0.182 e. The number of rotatable bonds is 5. The van der Waals surface area contributed by atoms with Crippen LogP contribution in [-0.4, -0.2) is 17.4 Å². The maximum absolute atomic E-state index is 12.2. The molecule has 1 rings (SSSR count). The molecule has 0 bridgehead atoms. The van der Waals surface area contributed by atoms with E-state index in [9.17, 15) is 4.79 Å². The summed E-state index contributed by atoms with van der Waals surface area (Å²) in [5.74, 6) is 0.329. The number of ketones is 1. The molecule has 0 fully saturated rings. The van der Waals surface area contributed by atoms with Crippen LogP contribution >= 0.6 is 0 Å². The number of hydrogen-bond acceptors (Lipinski definition) is 2. The minimum Gasteiger partial charge on any atom is -0.329 e. The van der Waals surface area contributed by atoms with Crippen LogP contribution in [0.4, 0.5) is 0 Å². The van der Waals surface area contributed by atoms with Crippen molar-refractivity contribution < 1.29 is 4.79 Å². The van der Waals surface area contributed by atoms with Crippen LogP contribution in [0.1, 0.15) is 49.4 Å². The van der Waals surface area contributed by atoms with Crippen molar-refractivity contribution >= 4 is 5.78 Å². The second-order valence-electron chi connectivity index (χ2n) is 4.45. The van der Waals surface area contributed by atoms with Crippen LogP contribution in [0.5, 0.6) is 0 Å². The Morgan fingerprint density at radius 2 is 2.12 bits per heavy atom. The van der Waals surface area contributed by atoms with Gasteiger partial charge in [0.25, 0.3) is 0 Å². The molecule has 1 heterocycles. The van der Waals surface area contributed by atoms with Gasteiger partial charge >= 0.3 is 0 Å². The Bertz CT molecular complexity index is 368. The van der Waals surface area contributed by atoms with Gasteiger partial charge in [-0.1, -0.05) is 13.8 Å². The van der Waals surface area contributed by atoms with Crippen LogP contribution in [0.3, 0.4) is 0 Å². The normalized spacial score (nSPS) is 14.8. The summed E-state index contributed by atoms with van der Waals surface area (Å²) < 4.78 is 2.02. The Hall–Kier alpha value is -1.09. The first-order chi connectivity index (χ1) is 7.51. The number of nitrogens with zero attached hydrogens (tertiary/aromatic N) is 1. The lowest BCUT2D eigenvalue weighted by Crippen LogP contribution is -2.24. The molecule has 0 aliphatic carbocycles. The average molecular weight is 222 g/mol. The van der Waals surface area contributed by atoms with E-state index in [1.54, 1.807) is 0 Å². The highest BCUT2D eigenvalue weighted by molar-refractivity contribution is 5.96. The van der Waals surface area contributed by atoms with E-state index >= 15 is 0 Å². The number of carbonyl (C=O) groups excluding carboxylic acids is 1. The minimum atomic E-state index is 0.0945. The summed E-state index contributed by atoms with van der Waals surface area (Å²) in [6, 6.07) is 1.97. The van der Waals surface area contributed by atoms with Crippen LogP contribution < -0.4 is 5.32 Å². The minimum absolute atomic E-state index is 0.0945. The lowest BCUT2D eigenvalue weighted by molar-refractivity contribution is 0.0915. The molecule has 0 saturated heterocycles. The summed E-state index contributed by atoms with van der Waals surface area (Å²) in [6.07, 6.45) is 3.06. The Kier molecular flexibility index (Phi) is 4.30. The zero-order valence-electron chi connectivity index (χ0n) is 10.9. The fourth-order valence-electron chi connectivity index (χ4n) is 1.71. The summed E-state index contributed by atoms with van der Waals surface area (Å²) in [6.45, 7) is 8.10. The van der Waals surface area contributed by atoms with Crippen molar-refractivity contribution in [3.63, 3.8) is 0 Å². The van der Waals surface area contributed by atoms with Gasteiger partial charge in [-0.25, -0.2) is 0 Å². The molecule has 2 unspecified atom stereocenters. The molecular formula is C13H22N2O. The van der Waals surface area contributed by atoms with E-state index in [2.05, 4.69) is 5.32 Å². The van der Waals surface area contributed by atoms with Gasteiger partial charge in [-0.05, 0) is 38.9 Å². The highest BCUT2D eigenvalue weighted by Gasteiger charge is 2.19. The lowest BCUT2D eigenvalue weighted by atomic mass is 10.0. The number of Topliss-reactive ketones (excluding diaryl/α,β-unsaturated/α-hetero) is 1. The van der Waals surface area contributed by atoms with E-state index in [1.165, 1.54) is 0 Å². The second-order valence-corrected chi connectivity index (χ2v) is 4.45. The van der Waals surface area contributed by atoms with Gasteiger partial charge in [0.15, 0.2) is 5.78 Å². The van der Waals surface area contributed by atoms with Gasteiger partial charge < -0.3 is 9.88 Å². The number of aryl methyl sites for hydroxylation is 1. The molecule has 0 aliphatic heterocycles. The standard InChI is InChI=1S/C13H22N2O/c1-6-10(3)13(16)12-7-9(2)8-15(12)11(4)14-5/h7-8,10-11,14H,6H2,1-5H3. The zero-order valence-corrected chi connectivity index (χ0v) is 10.9. The Balaban J connectivity index is 3.07. The van der Waals surface area contributed by atoms with Crippen molar-refractivity contribution in [3.05, 3.63) is 23.5 Å². The predicted molar refractivity (Wildman–Crippen MR) is 66.7 cm³/mol. The van der Waals surface area contributed by atoms with Crippen molar-refractivity contribution in [3.8, 4) is 0 Å². The molecule has 0 aromatic carbocycles. The van der Waals surface area contributed by atoms with Gasteiger partial charge in [-0.3, -0.25) is 4.79 Å². The molecule has 3 heteroatoms. The number of carbonyl (C=O) groups is 1. The molecule has 0 saturated carbocycles. The van der Waals surface area contributed by atoms with Crippen LogP contribution in [0.25, 0.3) is 0 Å². The number of aromatic nitrogens is 1. The van der Waals surface area contributed by atoms with Crippen molar-refractivity contribution in [2.24, 2.45) is 5.92 Å². The Morgan fingerprint density at radius 1 is 1.50 bits per heavy atom. The third-order valence-electron chi connectivity index (χ3n) is 3.13. The van der Waals surface area contributed by atoms with Crippen LogP contribution in [0.2, 0.25) is 0 Å². The predicted octanol–water partition coefficient (Wildman–Crippen LogP) is 2.76. The molecule has 3 nitrogen and oxygen atoms in total. The quantitative estimate of drug-likeness (QED) is 0.777. The van der Waals surface area contributed by atoms with E-state index in [0.29, 0.717) is 0 Å². The molecule has 0 radical (unpaired) electrons. The molecule has 16 heavy (non-hydrogen) atoms. The SMILES string of the molecule is CCC(C)C(=O)c1cc(C)cn1C(C)NC. The van der Waals surface area contributed by atoms with E-state index in [0.717, 1.165) is 17.7 Å². The third kappa shape index (κ3) is 2.53. The summed E-state index contributed by atoms with van der Waals surface area (Å²) in [4.78, 5) is 12.2. The topological polar surface area (TPSA) is 34.0 Å². The molecule has 1 aromatic heterocycles. The number of nitrogens with one attached hydrogen (secondary N) is 1. The van der Waals surface area contributed by atoms with Gasteiger partial charge in [0.2, 0.25) is 0 Å². The highest BCUT2D eigenvalue weighted by atomic mass is 16.1. The molecule has 0 aliphatic rings. The summed E-state index contributed by atoms with van der Waals surface area (Å²) in [7, 11) is 1.90. The number of hydrogen-bond donors (Lipinski definition) is 1. The van der Waals surface area contributed by atoms with Gasteiger partial charge in [0.1, 0.15) is 0 Å². The molecular weight excluding hydrogens is 200 g/mol. The monoisotopic (exact) mass is 222 g/mol. The molecule has 1 N–H and O–H groups in total. The van der Waals surface area contributed by atoms with E-state index < -0.39 is 0 Å². The third-order valence-corrected chi connectivity index (χ3v) is 3.13. The van der Waals surface area contributed by atoms with Crippen LogP contribution in [0.15, 0.2) is 12.3 Å². The van der Waals surface area contributed by atoms with Gasteiger partial charge in [0.05, 0.1) is 11.9 Å². The largest absolute Gasteiger partial charge is 0.329 e.